The largest absolute Gasteiger partial charge is 0.337 e. The first-order valence-corrected chi connectivity index (χ1v) is 12.0. The summed E-state index contributed by atoms with van der Waals surface area (Å²) in [5.74, 6) is 0.572. The van der Waals surface area contributed by atoms with Crippen molar-refractivity contribution in [2.75, 3.05) is 26.2 Å². The van der Waals surface area contributed by atoms with Crippen LogP contribution in [-0.2, 0) is 0 Å². The van der Waals surface area contributed by atoms with Crippen LogP contribution in [0.25, 0.3) is 10.1 Å². The molecule has 2 aromatic heterocycles. The van der Waals surface area contributed by atoms with E-state index >= 15 is 0 Å². The van der Waals surface area contributed by atoms with E-state index in [-0.39, 0.29) is 17.6 Å². The topological polar surface area (TPSA) is 53.5 Å². The molecule has 9 heteroatoms. The number of carbonyl (C=O) groups is 2. The van der Waals surface area contributed by atoms with E-state index in [0.29, 0.717) is 50.6 Å². The first kappa shape index (κ1) is 19.9. The van der Waals surface area contributed by atoms with Crippen molar-refractivity contribution < 1.29 is 14.0 Å². The minimum absolute atomic E-state index is 0.00997. The molecule has 5 nitrogen and oxygen atoms in total. The maximum absolute atomic E-state index is 14.0. The lowest BCUT2D eigenvalue weighted by molar-refractivity contribution is 0.0231. The van der Waals surface area contributed by atoms with E-state index in [9.17, 15) is 14.0 Å². The van der Waals surface area contributed by atoms with Gasteiger partial charge in [0.15, 0.2) is 0 Å². The number of amides is 2. The summed E-state index contributed by atoms with van der Waals surface area (Å²) in [6, 6.07) is 4.46. The van der Waals surface area contributed by atoms with Crippen LogP contribution in [-0.4, -0.2) is 52.8 Å². The Bertz CT molecular complexity index is 1060. The molecule has 4 heterocycles. The number of rotatable bonds is 3. The number of carbonyl (C=O) groups excluding carboxylic acids is 2. The second-order valence-corrected chi connectivity index (χ2v) is 10.0. The van der Waals surface area contributed by atoms with Crippen molar-refractivity contribution in [1.29, 1.82) is 0 Å². The number of thiazole rings is 1. The summed E-state index contributed by atoms with van der Waals surface area (Å²) >= 11 is 8.83. The number of piperidine rings is 1. The van der Waals surface area contributed by atoms with Gasteiger partial charge in [-0.25, -0.2) is 9.37 Å². The maximum atomic E-state index is 14.0. The van der Waals surface area contributed by atoms with Gasteiger partial charge in [-0.15, -0.1) is 22.7 Å². The molecule has 2 saturated heterocycles. The van der Waals surface area contributed by atoms with Crippen molar-refractivity contribution in [3.63, 3.8) is 0 Å². The maximum Gasteiger partial charge on any atom is 0.273 e. The minimum Gasteiger partial charge on any atom is -0.337 e. The number of hydrogen-bond acceptors (Lipinski definition) is 5. The molecule has 2 fully saturated rings. The Balaban J connectivity index is 1.17. The molecule has 0 bridgehead atoms. The predicted octanol–water partition coefficient (Wildman–Crippen LogP) is 4.77. The van der Waals surface area contributed by atoms with Crippen molar-refractivity contribution in [2.24, 2.45) is 11.8 Å². The SMILES string of the molecule is O=C(c1cscn1)N1CCC(C2CN(C(=O)c3cc4c(F)ccc(Cl)c4s3)C2)CC1. The van der Waals surface area contributed by atoms with E-state index in [1.165, 1.54) is 34.8 Å². The lowest BCUT2D eigenvalue weighted by Gasteiger charge is -2.45. The van der Waals surface area contributed by atoms with Gasteiger partial charge in [-0.2, -0.15) is 0 Å². The smallest absolute Gasteiger partial charge is 0.273 e. The zero-order valence-electron chi connectivity index (χ0n) is 16.0. The summed E-state index contributed by atoms with van der Waals surface area (Å²) in [5, 5.41) is 2.66. The summed E-state index contributed by atoms with van der Waals surface area (Å²) < 4.78 is 14.6. The van der Waals surface area contributed by atoms with E-state index in [0.717, 1.165) is 25.9 Å². The van der Waals surface area contributed by atoms with Crippen molar-refractivity contribution in [3.05, 3.63) is 50.5 Å². The fourth-order valence-electron chi connectivity index (χ4n) is 4.35. The summed E-state index contributed by atoms with van der Waals surface area (Å²) in [7, 11) is 0. The molecule has 0 atom stereocenters. The first-order valence-electron chi connectivity index (χ1n) is 9.85. The third kappa shape index (κ3) is 3.50. The molecule has 0 radical (unpaired) electrons. The van der Waals surface area contributed by atoms with Gasteiger partial charge in [-0.05, 0) is 42.9 Å². The quantitative estimate of drug-likeness (QED) is 0.562. The molecule has 30 heavy (non-hydrogen) atoms. The van der Waals surface area contributed by atoms with Crippen LogP contribution in [0.4, 0.5) is 4.39 Å². The fourth-order valence-corrected chi connectivity index (χ4v) is 6.20. The fraction of sp³-hybridized carbons (Fsp3) is 0.381. The van der Waals surface area contributed by atoms with Crippen LogP contribution >= 0.6 is 34.3 Å². The van der Waals surface area contributed by atoms with E-state index in [1.807, 2.05) is 9.80 Å². The molecule has 0 unspecified atom stereocenters. The molecule has 1 aromatic carbocycles. The Labute approximate surface area is 186 Å². The van der Waals surface area contributed by atoms with Crippen molar-refractivity contribution in [3.8, 4) is 0 Å². The zero-order valence-corrected chi connectivity index (χ0v) is 18.4. The number of hydrogen-bond donors (Lipinski definition) is 0. The van der Waals surface area contributed by atoms with Gasteiger partial charge in [0, 0.05) is 36.9 Å². The van der Waals surface area contributed by atoms with Crippen molar-refractivity contribution in [2.45, 2.75) is 12.8 Å². The van der Waals surface area contributed by atoms with E-state index in [4.69, 9.17) is 11.6 Å². The average molecular weight is 464 g/mol. The second-order valence-electron chi connectivity index (χ2n) is 7.86. The molecule has 0 aliphatic carbocycles. The highest BCUT2D eigenvalue weighted by molar-refractivity contribution is 7.21. The number of halogens is 2. The monoisotopic (exact) mass is 463 g/mol. The zero-order chi connectivity index (χ0) is 20.8. The Morgan fingerprint density at radius 1 is 1.10 bits per heavy atom. The molecule has 2 aliphatic heterocycles. The average Bonchev–Trinajstić information content (AvgIpc) is 3.40. The van der Waals surface area contributed by atoms with Crippen LogP contribution in [0.2, 0.25) is 5.02 Å². The highest BCUT2D eigenvalue weighted by Crippen LogP contribution is 2.37. The van der Waals surface area contributed by atoms with Gasteiger partial charge in [0.05, 0.1) is 20.1 Å². The summed E-state index contributed by atoms with van der Waals surface area (Å²) in [6.45, 7) is 2.90. The number of nitrogens with zero attached hydrogens (tertiary/aromatic N) is 3. The van der Waals surface area contributed by atoms with Gasteiger partial charge in [-0.1, -0.05) is 11.6 Å². The number of fused-ring (bicyclic) bond motifs is 1. The van der Waals surface area contributed by atoms with Crippen LogP contribution in [0.3, 0.4) is 0 Å². The molecule has 3 aromatic rings. The van der Waals surface area contributed by atoms with Crippen LogP contribution in [0.1, 0.15) is 33.0 Å². The van der Waals surface area contributed by atoms with Crippen LogP contribution in [0.5, 0.6) is 0 Å². The Hall–Kier alpha value is -2.03. The molecular formula is C21H19ClFN3O2S2. The number of thiophene rings is 1. The van der Waals surface area contributed by atoms with Crippen molar-refractivity contribution in [1.82, 2.24) is 14.8 Å². The number of benzene rings is 1. The Kier molecular flexibility index (Phi) is 5.24. The normalized spacial score (nSPS) is 18.1. The van der Waals surface area contributed by atoms with E-state index in [1.54, 1.807) is 17.0 Å². The third-order valence-electron chi connectivity index (χ3n) is 6.14. The van der Waals surface area contributed by atoms with Crippen LogP contribution < -0.4 is 0 Å². The summed E-state index contributed by atoms with van der Waals surface area (Å²) in [6.07, 6.45) is 1.90. The Morgan fingerprint density at radius 3 is 2.53 bits per heavy atom. The molecule has 2 amide bonds. The predicted molar refractivity (Wildman–Crippen MR) is 117 cm³/mol. The lowest BCUT2D eigenvalue weighted by Crippen LogP contribution is -2.54. The molecule has 0 N–H and O–H groups in total. The van der Waals surface area contributed by atoms with Gasteiger partial charge in [0.25, 0.3) is 11.8 Å². The van der Waals surface area contributed by atoms with Crippen LogP contribution in [0, 0.1) is 17.7 Å². The minimum atomic E-state index is -0.356. The van der Waals surface area contributed by atoms with Gasteiger partial charge in [0.2, 0.25) is 0 Å². The standard InChI is InChI=1S/C21H19ClFN3O2S2/c22-15-1-2-16(23)14-7-18(30-19(14)15)21(28)26-8-13(9-26)12-3-5-25(6-4-12)20(27)17-10-29-11-24-17/h1-2,7,10-13H,3-6,8-9H2. The van der Waals surface area contributed by atoms with Gasteiger partial charge < -0.3 is 9.80 Å². The van der Waals surface area contributed by atoms with Crippen molar-refractivity contribution >= 4 is 56.2 Å². The summed E-state index contributed by atoms with van der Waals surface area (Å²) in [5.41, 5.74) is 2.21. The molecule has 156 valence electrons. The molecule has 0 saturated carbocycles. The molecule has 5 rings (SSSR count). The third-order valence-corrected chi connectivity index (χ3v) is 8.30. The number of aromatic nitrogens is 1. The molecular weight excluding hydrogens is 445 g/mol. The van der Waals surface area contributed by atoms with Gasteiger partial charge in [0.1, 0.15) is 11.5 Å². The summed E-state index contributed by atoms with van der Waals surface area (Å²) in [4.78, 5) is 33.6. The number of likely N-dealkylation sites (tertiary alicyclic amines) is 2. The Morgan fingerprint density at radius 2 is 1.87 bits per heavy atom. The molecule has 0 spiro atoms. The van der Waals surface area contributed by atoms with E-state index in [2.05, 4.69) is 4.98 Å². The molecule has 2 aliphatic rings. The van der Waals surface area contributed by atoms with Crippen LogP contribution in [0.15, 0.2) is 29.1 Å². The lowest BCUT2D eigenvalue weighted by atomic mass is 9.79. The first-order chi connectivity index (χ1) is 14.5. The second kappa shape index (κ2) is 7.90. The highest BCUT2D eigenvalue weighted by atomic mass is 35.5. The highest BCUT2D eigenvalue weighted by Gasteiger charge is 2.39. The van der Waals surface area contributed by atoms with Gasteiger partial charge >= 0.3 is 0 Å². The van der Waals surface area contributed by atoms with E-state index < -0.39 is 0 Å². The van der Waals surface area contributed by atoms with Gasteiger partial charge in [-0.3, -0.25) is 9.59 Å².